The lowest BCUT2D eigenvalue weighted by Crippen LogP contribution is -2.32. The maximum absolute atomic E-state index is 4.70. The van der Waals surface area contributed by atoms with Crippen molar-refractivity contribution in [1.29, 1.82) is 0 Å². The van der Waals surface area contributed by atoms with Gasteiger partial charge in [-0.1, -0.05) is 0 Å². The summed E-state index contributed by atoms with van der Waals surface area (Å²) < 4.78 is 0. The molecule has 0 bridgehead atoms. The van der Waals surface area contributed by atoms with Gasteiger partial charge in [-0.3, -0.25) is 4.98 Å². The van der Waals surface area contributed by atoms with Crippen LogP contribution in [0.15, 0.2) is 18.5 Å². The van der Waals surface area contributed by atoms with Crippen LogP contribution in [0.2, 0.25) is 0 Å². The molecule has 1 saturated heterocycles. The van der Waals surface area contributed by atoms with Crippen molar-refractivity contribution in [2.45, 2.75) is 34.1 Å². The zero-order valence-electron chi connectivity index (χ0n) is 14.5. The summed E-state index contributed by atoms with van der Waals surface area (Å²) in [4.78, 5) is 18.4. The standard InChI is InChI=1S/C18H25N5/c1-13-12-19-7-6-17(13)22-8-5-9-23(11-10-22)18-20-15(3)14(2)16(4)21-18/h6-7,12H,5,8-11H2,1-4H3. The van der Waals surface area contributed by atoms with Crippen LogP contribution in [-0.2, 0) is 0 Å². The van der Waals surface area contributed by atoms with E-state index < -0.39 is 0 Å². The summed E-state index contributed by atoms with van der Waals surface area (Å²) in [7, 11) is 0. The van der Waals surface area contributed by atoms with Crippen LogP contribution in [0, 0.1) is 27.7 Å². The van der Waals surface area contributed by atoms with Crippen molar-refractivity contribution in [3.63, 3.8) is 0 Å². The van der Waals surface area contributed by atoms with Gasteiger partial charge < -0.3 is 9.80 Å². The molecule has 2 aromatic rings. The maximum atomic E-state index is 4.70. The monoisotopic (exact) mass is 311 g/mol. The van der Waals surface area contributed by atoms with E-state index in [2.05, 4.69) is 48.5 Å². The third kappa shape index (κ3) is 3.28. The van der Waals surface area contributed by atoms with Gasteiger partial charge in [0.05, 0.1) is 0 Å². The first-order chi connectivity index (χ1) is 11.1. The smallest absolute Gasteiger partial charge is 0.225 e. The molecule has 122 valence electrons. The fourth-order valence-corrected chi connectivity index (χ4v) is 3.08. The maximum Gasteiger partial charge on any atom is 0.225 e. The fourth-order valence-electron chi connectivity index (χ4n) is 3.08. The number of aromatic nitrogens is 3. The first-order valence-corrected chi connectivity index (χ1v) is 8.28. The molecule has 0 amide bonds. The molecule has 0 atom stereocenters. The Hall–Kier alpha value is -2.17. The van der Waals surface area contributed by atoms with Gasteiger partial charge in [0, 0.05) is 55.6 Å². The molecule has 0 aliphatic carbocycles. The minimum absolute atomic E-state index is 0.874. The van der Waals surface area contributed by atoms with E-state index in [0.29, 0.717) is 0 Å². The predicted octanol–water partition coefficient (Wildman–Crippen LogP) is 2.82. The third-order valence-corrected chi connectivity index (χ3v) is 4.73. The Morgan fingerprint density at radius 3 is 2.22 bits per heavy atom. The quantitative estimate of drug-likeness (QED) is 0.853. The van der Waals surface area contributed by atoms with Crippen molar-refractivity contribution in [2.24, 2.45) is 0 Å². The molecule has 0 saturated carbocycles. The normalized spacial score (nSPS) is 15.7. The summed E-state index contributed by atoms with van der Waals surface area (Å²) in [6.07, 6.45) is 4.92. The van der Waals surface area contributed by atoms with Gasteiger partial charge in [-0.05, 0) is 51.3 Å². The van der Waals surface area contributed by atoms with Crippen LogP contribution in [0.1, 0.15) is 28.9 Å². The van der Waals surface area contributed by atoms with E-state index in [1.807, 2.05) is 12.4 Å². The van der Waals surface area contributed by atoms with E-state index in [0.717, 1.165) is 49.9 Å². The van der Waals surface area contributed by atoms with Crippen molar-refractivity contribution in [3.8, 4) is 0 Å². The lowest BCUT2D eigenvalue weighted by molar-refractivity contribution is 0.773. The Bertz CT molecular complexity index is 675. The van der Waals surface area contributed by atoms with Crippen molar-refractivity contribution in [3.05, 3.63) is 41.0 Å². The van der Waals surface area contributed by atoms with E-state index in [9.17, 15) is 0 Å². The first-order valence-electron chi connectivity index (χ1n) is 8.28. The number of rotatable bonds is 2. The molecule has 1 aliphatic heterocycles. The van der Waals surface area contributed by atoms with Gasteiger partial charge in [-0.2, -0.15) is 0 Å². The summed E-state index contributed by atoms with van der Waals surface area (Å²) in [6.45, 7) is 12.3. The summed E-state index contributed by atoms with van der Waals surface area (Å²) in [6, 6.07) is 2.11. The lowest BCUT2D eigenvalue weighted by atomic mass is 10.2. The SMILES string of the molecule is Cc1cnccc1N1CCCN(c2nc(C)c(C)c(C)n2)CC1. The molecular formula is C18H25N5. The second-order valence-electron chi connectivity index (χ2n) is 6.31. The molecule has 1 aliphatic rings. The Labute approximate surface area is 138 Å². The van der Waals surface area contributed by atoms with Crippen LogP contribution in [-0.4, -0.2) is 41.1 Å². The topological polar surface area (TPSA) is 45.2 Å². The van der Waals surface area contributed by atoms with Crippen LogP contribution in [0.3, 0.4) is 0 Å². The average molecular weight is 311 g/mol. The zero-order chi connectivity index (χ0) is 16.4. The van der Waals surface area contributed by atoms with E-state index in [4.69, 9.17) is 9.97 Å². The fraction of sp³-hybridized carbons (Fsp3) is 0.500. The van der Waals surface area contributed by atoms with Crippen LogP contribution in [0.25, 0.3) is 0 Å². The summed E-state index contributed by atoms with van der Waals surface area (Å²) >= 11 is 0. The van der Waals surface area contributed by atoms with E-state index in [1.54, 1.807) is 0 Å². The first kappa shape index (κ1) is 15.7. The lowest BCUT2D eigenvalue weighted by Gasteiger charge is -2.25. The second kappa shape index (κ2) is 6.52. The van der Waals surface area contributed by atoms with E-state index in [-0.39, 0.29) is 0 Å². The highest BCUT2D eigenvalue weighted by molar-refractivity contribution is 5.52. The van der Waals surface area contributed by atoms with Crippen LogP contribution in [0.4, 0.5) is 11.6 Å². The number of aryl methyl sites for hydroxylation is 3. The molecule has 0 unspecified atom stereocenters. The second-order valence-corrected chi connectivity index (χ2v) is 6.31. The van der Waals surface area contributed by atoms with Gasteiger partial charge in [0.2, 0.25) is 5.95 Å². The van der Waals surface area contributed by atoms with Crippen LogP contribution >= 0.6 is 0 Å². The Morgan fingerprint density at radius 2 is 1.52 bits per heavy atom. The average Bonchev–Trinajstić information content (AvgIpc) is 2.78. The molecular weight excluding hydrogens is 286 g/mol. The molecule has 3 heterocycles. The summed E-state index contributed by atoms with van der Waals surface area (Å²) in [5.41, 5.74) is 5.88. The molecule has 0 N–H and O–H groups in total. The van der Waals surface area contributed by atoms with Crippen molar-refractivity contribution >= 4 is 11.6 Å². The Kier molecular flexibility index (Phi) is 4.46. The summed E-state index contributed by atoms with van der Waals surface area (Å²) in [5.74, 6) is 0.874. The predicted molar refractivity (Wildman–Crippen MR) is 94.3 cm³/mol. The van der Waals surface area contributed by atoms with Gasteiger partial charge in [0.25, 0.3) is 0 Å². The molecule has 5 nitrogen and oxygen atoms in total. The molecule has 0 radical (unpaired) electrons. The van der Waals surface area contributed by atoms with E-state index >= 15 is 0 Å². The van der Waals surface area contributed by atoms with Gasteiger partial charge in [-0.15, -0.1) is 0 Å². The molecule has 3 rings (SSSR count). The van der Waals surface area contributed by atoms with Crippen LogP contribution in [0.5, 0.6) is 0 Å². The van der Waals surface area contributed by atoms with Crippen molar-refractivity contribution < 1.29 is 0 Å². The molecule has 0 spiro atoms. The third-order valence-electron chi connectivity index (χ3n) is 4.73. The van der Waals surface area contributed by atoms with E-state index in [1.165, 1.54) is 16.8 Å². The summed E-state index contributed by atoms with van der Waals surface area (Å²) in [5, 5.41) is 0. The zero-order valence-corrected chi connectivity index (χ0v) is 14.5. The van der Waals surface area contributed by atoms with Crippen molar-refractivity contribution in [1.82, 2.24) is 15.0 Å². The molecule has 1 fully saturated rings. The van der Waals surface area contributed by atoms with Crippen LogP contribution < -0.4 is 9.80 Å². The molecule has 5 heteroatoms. The Morgan fingerprint density at radius 1 is 0.870 bits per heavy atom. The number of anilines is 2. The molecule has 23 heavy (non-hydrogen) atoms. The minimum Gasteiger partial charge on any atom is -0.369 e. The largest absolute Gasteiger partial charge is 0.369 e. The van der Waals surface area contributed by atoms with Gasteiger partial charge >= 0.3 is 0 Å². The molecule has 2 aromatic heterocycles. The highest BCUT2D eigenvalue weighted by Crippen LogP contribution is 2.22. The number of pyridine rings is 1. The Balaban J connectivity index is 1.78. The van der Waals surface area contributed by atoms with Gasteiger partial charge in [0.15, 0.2) is 0 Å². The highest BCUT2D eigenvalue weighted by Gasteiger charge is 2.19. The molecule has 0 aromatic carbocycles. The number of hydrogen-bond acceptors (Lipinski definition) is 5. The minimum atomic E-state index is 0.874. The number of hydrogen-bond donors (Lipinski definition) is 0. The number of nitrogens with zero attached hydrogens (tertiary/aromatic N) is 5. The van der Waals surface area contributed by atoms with Gasteiger partial charge in [0.1, 0.15) is 0 Å². The highest BCUT2D eigenvalue weighted by atomic mass is 15.3. The van der Waals surface area contributed by atoms with Crippen molar-refractivity contribution in [2.75, 3.05) is 36.0 Å². The van der Waals surface area contributed by atoms with Gasteiger partial charge in [-0.25, -0.2) is 9.97 Å².